The van der Waals surface area contributed by atoms with Crippen molar-refractivity contribution in [2.24, 2.45) is 0 Å². The minimum atomic E-state index is 0.353. The van der Waals surface area contributed by atoms with E-state index in [4.69, 9.17) is 4.74 Å². The van der Waals surface area contributed by atoms with Gasteiger partial charge < -0.3 is 10.1 Å². The van der Waals surface area contributed by atoms with Crippen molar-refractivity contribution in [1.82, 2.24) is 5.32 Å². The Labute approximate surface area is 88.9 Å². The summed E-state index contributed by atoms with van der Waals surface area (Å²) in [6.07, 6.45) is 0.353. The quantitative estimate of drug-likeness (QED) is 0.800. The maximum Gasteiger partial charge on any atom is 0.123 e. The van der Waals surface area contributed by atoms with E-state index in [9.17, 15) is 0 Å². The van der Waals surface area contributed by atoms with Crippen molar-refractivity contribution in [3.63, 3.8) is 0 Å². The van der Waals surface area contributed by atoms with Gasteiger partial charge in [-0.25, -0.2) is 0 Å². The standard InChI is InChI=1S/C13H13NO/c1-2-4-11-7-12(6-5-10(11)3-1)15-13-8-14-9-13/h1-7,13-14H,8-9H2. The van der Waals surface area contributed by atoms with Gasteiger partial charge in [-0.3, -0.25) is 0 Å². The van der Waals surface area contributed by atoms with Crippen molar-refractivity contribution in [2.75, 3.05) is 13.1 Å². The van der Waals surface area contributed by atoms with Crippen LogP contribution in [0.2, 0.25) is 0 Å². The summed E-state index contributed by atoms with van der Waals surface area (Å²) < 4.78 is 5.80. The van der Waals surface area contributed by atoms with Crippen LogP contribution in [-0.2, 0) is 0 Å². The maximum atomic E-state index is 5.80. The van der Waals surface area contributed by atoms with Crippen LogP contribution in [0.4, 0.5) is 0 Å². The van der Waals surface area contributed by atoms with Crippen LogP contribution in [0.15, 0.2) is 42.5 Å². The van der Waals surface area contributed by atoms with E-state index in [1.54, 1.807) is 0 Å². The largest absolute Gasteiger partial charge is 0.488 e. The molecule has 2 aromatic carbocycles. The Balaban J connectivity index is 1.91. The Morgan fingerprint density at radius 1 is 1.00 bits per heavy atom. The fourth-order valence-electron chi connectivity index (χ4n) is 1.78. The number of nitrogens with one attached hydrogen (secondary N) is 1. The first kappa shape index (κ1) is 8.74. The molecule has 1 aliphatic heterocycles. The molecule has 1 fully saturated rings. The molecule has 0 aliphatic carbocycles. The molecular formula is C13H13NO. The van der Waals surface area contributed by atoms with Gasteiger partial charge in [0.25, 0.3) is 0 Å². The number of hydrogen-bond acceptors (Lipinski definition) is 2. The third-order valence-corrected chi connectivity index (χ3v) is 2.77. The van der Waals surface area contributed by atoms with Gasteiger partial charge in [-0.15, -0.1) is 0 Å². The molecule has 0 bridgehead atoms. The van der Waals surface area contributed by atoms with Gasteiger partial charge in [0.15, 0.2) is 0 Å². The number of benzene rings is 2. The number of ether oxygens (including phenoxy) is 1. The van der Waals surface area contributed by atoms with Crippen molar-refractivity contribution >= 4 is 10.8 Å². The van der Waals surface area contributed by atoms with E-state index in [-0.39, 0.29) is 0 Å². The van der Waals surface area contributed by atoms with Crippen LogP contribution >= 0.6 is 0 Å². The first-order chi connectivity index (χ1) is 7.42. The van der Waals surface area contributed by atoms with E-state index in [2.05, 4.69) is 41.7 Å². The summed E-state index contributed by atoms with van der Waals surface area (Å²) in [6, 6.07) is 14.6. The minimum Gasteiger partial charge on any atom is -0.488 e. The van der Waals surface area contributed by atoms with Crippen LogP contribution in [0.3, 0.4) is 0 Å². The van der Waals surface area contributed by atoms with E-state index < -0.39 is 0 Å². The lowest BCUT2D eigenvalue weighted by Crippen LogP contribution is -2.50. The van der Waals surface area contributed by atoms with Gasteiger partial charge in [-0.2, -0.15) is 0 Å². The molecule has 0 amide bonds. The van der Waals surface area contributed by atoms with Gasteiger partial charge >= 0.3 is 0 Å². The maximum absolute atomic E-state index is 5.80. The summed E-state index contributed by atoms with van der Waals surface area (Å²) in [5, 5.41) is 5.69. The third kappa shape index (κ3) is 1.68. The smallest absolute Gasteiger partial charge is 0.123 e. The Hall–Kier alpha value is -1.54. The highest BCUT2D eigenvalue weighted by Gasteiger charge is 2.17. The monoisotopic (exact) mass is 199 g/mol. The molecule has 15 heavy (non-hydrogen) atoms. The van der Waals surface area contributed by atoms with Gasteiger partial charge in [0.1, 0.15) is 11.9 Å². The molecule has 0 atom stereocenters. The Morgan fingerprint density at radius 2 is 1.80 bits per heavy atom. The van der Waals surface area contributed by atoms with Crippen molar-refractivity contribution < 1.29 is 4.74 Å². The first-order valence-electron chi connectivity index (χ1n) is 5.28. The summed E-state index contributed by atoms with van der Waals surface area (Å²) >= 11 is 0. The van der Waals surface area contributed by atoms with Crippen molar-refractivity contribution in [3.05, 3.63) is 42.5 Å². The first-order valence-corrected chi connectivity index (χ1v) is 5.28. The van der Waals surface area contributed by atoms with Crippen LogP contribution in [0.5, 0.6) is 5.75 Å². The van der Waals surface area contributed by atoms with E-state index in [1.807, 2.05) is 6.07 Å². The zero-order valence-corrected chi connectivity index (χ0v) is 8.44. The number of hydrogen-bond donors (Lipinski definition) is 1. The zero-order chi connectivity index (χ0) is 10.1. The Kier molecular flexibility index (Phi) is 2.07. The summed E-state index contributed by atoms with van der Waals surface area (Å²) in [7, 11) is 0. The molecule has 0 spiro atoms. The molecule has 3 rings (SSSR count). The highest BCUT2D eigenvalue weighted by Crippen LogP contribution is 2.21. The molecule has 1 saturated heterocycles. The van der Waals surface area contributed by atoms with Gasteiger partial charge in [0.05, 0.1) is 0 Å². The molecule has 0 unspecified atom stereocenters. The lowest BCUT2D eigenvalue weighted by molar-refractivity contribution is 0.142. The predicted octanol–water partition coefficient (Wildman–Crippen LogP) is 2.19. The van der Waals surface area contributed by atoms with E-state index in [0.29, 0.717) is 6.10 Å². The van der Waals surface area contributed by atoms with Crippen LogP contribution in [0, 0.1) is 0 Å². The Morgan fingerprint density at radius 3 is 2.53 bits per heavy atom. The van der Waals surface area contributed by atoms with Gasteiger partial charge in [0, 0.05) is 13.1 Å². The van der Waals surface area contributed by atoms with Gasteiger partial charge in [0.2, 0.25) is 0 Å². The molecule has 1 N–H and O–H groups in total. The second-order valence-electron chi connectivity index (χ2n) is 3.91. The molecule has 2 heteroatoms. The Bertz CT molecular complexity index is 477. The van der Waals surface area contributed by atoms with Crippen LogP contribution in [-0.4, -0.2) is 19.2 Å². The van der Waals surface area contributed by atoms with E-state index in [0.717, 1.165) is 18.8 Å². The second kappa shape index (κ2) is 3.55. The van der Waals surface area contributed by atoms with Crippen LogP contribution in [0.25, 0.3) is 10.8 Å². The van der Waals surface area contributed by atoms with E-state index in [1.165, 1.54) is 10.8 Å². The lowest BCUT2D eigenvalue weighted by Gasteiger charge is -2.27. The van der Waals surface area contributed by atoms with Crippen LogP contribution < -0.4 is 10.1 Å². The van der Waals surface area contributed by atoms with Crippen molar-refractivity contribution in [2.45, 2.75) is 6.10 Å². The molecule has 2 aromatic rings. The molecule has 0 aromatic heterocycles. The summed E-state index contributed by atoms with van der Waals surface area (Å²) in [5.74, 6) is 0.972. The molecule has 2 nitrogen and oxygen atoms in total. The topological polar surface area (TPSA) is 21.3 Å². The fraction of sp³-hybridized carbons (Fsp3) is 0.231. The predicted molar refractivity (Wildman–Crippen MR) is 61.2 cm³/mol. The third-order valence-electron chi connectivity index (χ3n) is 2.77. The molecular weight excluding hydrogens is 186 g/mol. The van der Waals surface area contributed by atoms with Gasteiger partial charge in [-0.05, 0) is 22.9 Å². The number of rotatable bonds is 2. The average Bonchev–Trinajstić information content (AvgIpc) is 2.23. The normalized spacial score (nSPS) is 16.3. The van der Waals surface area contributed by atoms with Gasteiger partial charge in [-0.1, -0.05) is 30.3 Å². The van der Waals surface area contributed by atoms with E-state index >= 15 is 0 Å². The number of fused-ring (bicyclic) bond motifs is 1. The zero-order valence-electron chi connectivity index (χ0n) is 8.44. The molecule has 0 saturated carbocycles. The molecule has 0 radical (unpaired) electrons. The highest BCUT2D eigenvalue weighted by atomic mass is 16.5. The molecule has 1 aliphatic rings. The summed E-state index contributed by atoms with van der Waals surface area (Å²) in [5.41, 5.74) is 0. The lowest BCUT2D eigenvalue weighted by atomic mass is 10.1. The highest BCUT2D eigenvalue weighted by molar-refractivity contribution is 5.83. The molecule has 76 valence electrons. The second-order valence-corrected chi connectivity index (χ2v) is 3.91. The molecule has 1 heterocycles. The summed E-state index contributed by atoms with van der Waals surface area (Å²) in [4.78, 5) is 0. The average molecular weight is 199 g/mol. The minimum absolute atomic E-state index is 0.353. The summed E-state index contributed by atoms with van der Waals surface area (Å²) in [6.45, 7) is 1.93. The van der Waals surface area contributed by atoms with Crippen LogP contribution in [0.1, 0.15) is 0 Å². The van der Waals surface area contributed by atoms with Crippen molar-refractivity contribution in [1.29, 1.82) is 0 Å². The van der Waals surface area contributed by atoms with Crippen molar-refractivity contribution in [3.8, 4) is 5.75 Å². The fourth-order valence-corrected chi connectivity index (χ4v) is 1.78. The SMILES string of the molecule is c1ccc2cc(OC3CNC3)ccc2c1.